The van der Waals surface area contributed by atoms with Crippen molar-refractivity contribution in [2.45, 2.75) is 110 Å². The van der Waals surface area contributed by atoms with Crippen LogP contribution in [-0.2, 0) is 27.2 Å². The summed E-state index contributed by atoms with van der Waals surface area (Å²) < 4.78 is 19.1. The maximum atomic E-state index is 13.0. The van der Waals surface area contributed by atoms with E-state index in [1.54, 1.807) is 6.33 Å². The molecule has 1 aliphatic heterocycles. The molecule has 298 valence electrons. The molecule has 1 aliphatic rings. The lowest BCUT2D eigenvalue weighted by Crippen LogP contribution is -2.61. The van der Waals surface area contributed by atoms with Gasteiger partial charge in [-0.15, -0.1) is 0 Å². The lowest BCUT2D eigenvalue weighted by molar-refractivity contribution is -0.103. The van der Waals surface area contributed by atoms with Crippen molar-refractivity contribution in [3.8, 4) is 22.5 Å². The Balaban J connectivity index is 1.27. The Morgan fingerprint density at radius 2 is 1.68 bits per heavy atom. The first-order valence-corrected chi connectivity index (χ1v) is 22.8. The molecular weight excluding hydrogens is 727 g/mol. The minimum Gasteiger partial charge on any atom is -0.444 e. The SMILES string of the molecule is Cc1cc(-c2ncnc3c2cc(-c2ccc(C4(O)CN(C(=O)OC(C)(C)C)C4)cc2)n3COCC[Si](C)(C)C)ccc1[C@@H](C)NC(=O)c1nc(C(C)(C)C)no1. The van der Waals surface area contributed by atoms with Crippen molar-refractivity contribution >= 4 is 31.1 Å². The van der Waals surface area contributed by atoms with E-state index in [9.17, 15) is 14.7 Å². The van der Waals surface area contributed by atoms with Gasteiger partial charge in [-0.1, -0.05) is 82.0 Å². The summed E-state index contributed by atoms with van der Waals surface area (Å²) in [5.74, 6) is -0.0257. The number of aliphatic hydroxyl groups is 1. The lowest BCUT2D eigenvalue weighted by atomic mass is 9.86. The molecule has 0 aliphatic carbocycles. The molecule has 13 nitrogen and oxygen atoms in total. The number of hydrogen-bond donors (Lipinski definition) is 2. The summed E-state index contributed by atoms with van der Waals surface area (Å²) >= 11 is 0. The number of ether oxygens (including phenoxy) is 2. The largest absolute Gasteiger partial charge is 0.444 e. The van der Waals surface area contributed by atoms with E-state index < -0.39 is 31.3 Å². The van der Waals surface area contributed by atoms with Gasteiger partial charge in [-0.05, 0) is 75.0 Å². The Bertz CT molecular complexity index is 2220. The van der Waals surface area contributed by atoms with Gasteiger partial charge in [0, 0.05) is 31.0 Å². The highest BCUT2D eigenvalue weighted by atomic mass is 28.3. The van der Waals surface area contributed by atoms with Gasteiger partial charge in [0.2, 0.25) is 0 Å². The number of benzene rings is 2. The fourth-order valence-electron chi connectivity index (χ4n) is 6.64. The Hall–Kier alpha value is -4.92. The van der Waals surface area contributed by atoms with E-state index in [-0.39, 0.29) is 30.4 Å². The van der Waals surface area contributed by atoms with Gasteiger partial charge in [0.15, 0.2) is 5.82 Å². The zero-order chi connectivity index (χ0) is 40.8. The number of rotatable bonds is 11. The molecule has 56 heavy (non-hydrogen) atoms. The molecule has 5 aromatic rings. The van der Waals surface area contributed by atoms with Crippen molar-refractivity contribution in [3.05, 3.63) is 83.3 Å². The van der Waals surface area contributed by atoms with Crippen LogP contribution in [0.15, 0.2) is 59.4 Å². The Labute approximate surface area is 329 Å². The summed E-state index contributed by atoms with van der Waals surface area (Å²) in [6.07, 6.45) is 1.14. The first kappa shape index (κ1) is 40.7. The molecular formula is C42H55N7O6Si. The van der Waals surface area contributed by atoms with Crippen LogP contribution >= 0.6 is 0 Å². The molecule has 0 bridgehead atoms. The highest BCUT2D eigenvalue weighted by molar-refractivity contribution is 6.76. The van der Waals surface area contributed by atoms with E-state index in [0.717, 1.165) is 56.3 Å². The third-order valence-electron chi connectivity index (χ3n) is 9.83. The zero-order valence-corrected chi connectivity index (χ0v) is 35.5. The quantitative estimate of drug-likeness (QED) is 0.0994. The standard InChI is InChI=1S/C42H55N7O6Si/c1-26-20-29(14-17-31(26)27(2)45-36(50)37-46-38(47-55-37)40(3,4)5)34-32-21-33(49(35(32)44-24-43-34)25-53-18-19-56(9,10)11)28-12-15-30(16-13-28)42(52)22-48(23-42)39(51)54-41(6,7)8/h12-17,20-21,24,27,52H,18-19,22-23,25H2,1-11H3,(H,45,50)/t27-/m1/s1. The third kappa shape index (κ3) is 9.03. The second kappa shape index (κ2) is 15.2. The van der Waals surface area contributed by atoms with Crippen LogP contribution in [0, 0.1) is 6.92 Å². The van der Waals surface area contributed by atoms with Crippen molar-refractivity contribution in [1.29, 1.82) is 0 Å². The maximum absolute atomic E-state index is 13.0. The number of aryl methyl sites for hydroxylation is 1. The van der Waals surface area contributed by atoms with Crippen LogP contribution in [0.2, 0.25) is 25.7 Å². The van der Waals surface area contributed by atoms with E-state index in [0.29, 0.717) is 19.2 Å². The molecule has 1 fully saturated rings. The molecule has 14 heteroatoms. The number of amides is 2. The first-order valence-electron chi connectivity index (χ1n) is 19.1. The zero-order valence-electron chi connectivity index (χ0n) is 34.5. The minimum atomic E-state index is -1.31. The second-order valence-corrected chi connectivity index (χ2v) is 23.8. The predicted octanol–water partition coefficient (Wildman–Crippen LogP) is 8.00. The molecule has 4 heterocycles. The average Bonchev–Trinajstić information content (AvgIpc) is 3.74. The van der Waals surface area contributed by atoms with E-state index in [2.05, 4.69) is 51.8 Å². The van der Waals surface area contributed by atoms with Gasteiger partial charge in [-0.3, -0.25) is 4.79 Å². The number of carbonyl (C=O) groups is 2. The summed E-state index contributed by atoms with van der Waals surface area (Å²) in [7, 11) is -1.31. The predicted molar refractivity (Wildman–Crippen MR) is 218 cm³/mol. The summed E-state index contributed by atoms with van der Waals surface area (Å²) in [6, 6.07) is 16.7. The van der Waals surface area contributed by atoms with E-state index >= 15 is 0 Å². The highest BCUT2D eigenvalue weighted by Gasteiger charge is 2.46. The number of fused-ring (bicyclic) bond motifs is 1. The van der Waals surface area contributed by atoms with Crippen LogP contribution < -0.4 is 5.32 Å². The van der Waals surface area contributed by atoms with Crippen molar-refractivity contribution in [3.63, 3.8) is 0 Å². The monoisotopic (exact) mass is 781 g/mol. The Morgan fingerprint density at radius 1 is 1.00 bits per heavy atom. The van der Waals surface area contributed by atoms with Crippen LogP contribution in [0.25, 0.3) is 33.5 Å². The topological polar surface area (TPSA) is 158 Å². The highest BCUT2D eigenvalue weighted by Crippen LogP contribution is 2.37. The molecule has 1 saturated heterocycles. The van der Waals surface area contributed by atoms with Crippen LogP contribution in [-0.4, -0.2) is 80.1 Å². The molecule has 0 spiro atoms. The van der Waals surface area contributed by atoms with Crippen LogP contribution in [0.1, 0.15) is 87.7 Å². The fraction of sp³-hybridized carbons (Fsp3) is 0.476. The summed E-state index contributed by atoms with van der Waals surface area (Å²) in [4.78, 5) is 40.9. The molecule has 2 amide bonds. The molecule has 0 radical (unpaired) electrons. The van der Waals surface area contributed by atoms with Crippen LogP contribution in [0.4, 0.5) is 4.79 Å². The fourth-order valence-corrected chi connectivity index (χ4v) is 7.39. The third-order valence-corrected chi connectivity index (χ3v) is 11.5. The molecule has 2 aromatic carbocycles. The van der Waals surface area contributed by atoms with Gasteiger partial charge in [-0.2, -0.15) is 4.98 Å². The molecule has 6 rings (SSSR count). The number of carbonyl (C=O) groups excluding carboxylic acids is 2. The van der Waals surface area contributed by atoms with Crippen LogP contribution in [0.5, 0.6) is 0 Å². The van der Waals surface area contributed by atoms with E-state index in [1.165, 1.54) is 4.90 Å². The molecule has 2 N–H and O–H groups in total. The van der Waals surface area contributed by atoms with Crippen molar-refractivity contribution in [1.82, 2.24) is 34.9 Å². The molecule has 0 saturated carbocycles. The Morgan fingerprint density at radius 3 is 2.29 bits per heavy atom. The molecule has 0 unspecified atom stereocenters. The smallest absolute Gasteiger partial charge is 0.410 e. The van der Waals surface area contributed by atoms with Gasteiger partial charge in [0.05, 0.1) is 30.5 Å². The maximum Gasteiger partial charge on any atom is 0.410 e. The van der Waals surface area contributed by atoms with E-state index in [1.807, 2.05) is 91.8 Å². The number of nitrogens with one attached hydrogen (secondary N) is 1. The summed E-state index contributed by atoms with van der Waals surface area (Å²) in [6.45, 7) is 23.5. The number of nitrogens with zero attached hydrogens (tertiary/aromatic N) is 6. The van der Waals surface area contributed by atoms with Gasteiger partial charge < -0.3 is 33.9 Å². The van der Waals surface area contributed by atoms with Crippen LogP contribution in [0.3, 0.4) is 0 Å². The summed E-state index contributed by atoms with van der Waals surface area (Å²) in [5.41, 5.74) is 4.78. The normalized spacial score (nSPS) is 15.1. The lowest BCUT2D eigenvalue weighted by Gasteiger charge is -2.46. The molecule has 1 atom stereocenters. The van der Waals surface area contributed by atoms with Gasteiger partial charge in [0.25, 0.3) is 0 Å². The first-order chi connectivity index (χ1) is 26.1. The van der Waals surface area contributed by atoms with Gasteiger partial charge >= 0.3 is 17.9 Å². The Kier molecular flexibility index (Phi) is 11.1. The van der Waals surface area contributed by atoms with E-state index in [4.69, 9.17) is 24.0 Å². The molecule has 3 aromatic heterocycles. The van der Waals surface area contributed by atoms with Crippen molar-refractivity contribution in [2.24, 2.45) is 0 Å². The van der Waals surface area contributed by atoms with Gasteiger partial charge in [-0.25, -0.2) is 14.8 Å². The van der Waals surface area contributed by atoms with Gasteiger partial charge in [0.1, 0.15) is 29.9 Å². The summed E-state index contributed by atoms with van der Waals surface area (Å²) in [5, 5.41) is 19.2. The number of β-amino-alcohol motifs (C(OH)–C–C–N with tert-alkyl or cyclic N) is 1. The van der Waals surface area contributed by atoms with Crippen molar-refractivity contribution < 1.29 is 28.7 Å². The van der Waals surface area contributed by atoms with Crippen molar-refractivity contribution in [2.75, 3.05) is 19.7 Å². The minimum absolute atomic E-state index is 0.0670. The number of likely N-dealkylation sites (tertiary alicyclic amines) is 1. The average molecular weight is 782 g/mol. The second-order valence-electron chi connectivity index (χ2n) is 18.2. The number of aromatic nitrogens is 5. The number of hydrogen-bond acceptors (Lipinski definition) is 10.